The molecule has 3 aromatic rings. The molecule has 0 amide bonds. The number of aryl methyl sites for hydroxylation is 1. The minimum Gasteiger partial charge on any atom is -0.469 e. The lowest BCUT2D eigenvalue weighted by molar-refractivity contribution is -0.147. The normalized spacial score (nSPS) is 19.0. The SMILES string of the molecule is COC(=O)C1(CN2CCN(c3ccc(Nc4ncc5c(C)c(C(C)=O)c(=O)n(C6CCCC6)c5n4)nc3)CC2)CC1. The summed E-state index contributed by atoms with van der Waals surface area (Å²) >= 11 is 0. The van der Waals surface area contributed by atoms with Crippen molar-refractivity contribution in [1.29, 1.82) is 0 Å². The van der Waals surface area contributed by atoms with Crippen LogP contribution in [0.25, 0.3) is 11.0 Å². The van der Waals surface area contributed by atoms with Crippen LogP contribution < -0.4 is 15.8 Å². The van der Waals surface area contributed by atoms with Crippen LogP contribution in [0.15, 0.2) is 29.3 Å². The summed E-state index contributed by atoms with van der Waals surface area (Å²) in [4.78, 5) is 56.4. The number of esters is 1. The topological polar surface area (TPSA) is 123 Å². The Morgan fingerprint density at radius 1 is 1.07 bits per heavy atom. The molecule has 2 saturated carbocycles. The highest BCUT2D eigenvalue weighted by molar-refractivity contribution is 5.99. The summed E-state index contributed by atoms with van der Waals surface area (Å²) < 4.78 is 6.72. The monoisotopic (exact) mass is 559 g/mol. The first-order valence-corrected chi connectivity index (χ1v) is 14.5. The predicted molar refractivity (Wildman–Crippen MR) is 156 cm³/mol. The van der Waals surface area contributed by atoms with Crippen molar-refractivity contribution in [2.75, 3.05) is 50.1 Å². The molecule has 0 atom stereocenters. The molecule has 1 N–H and O–H groups in total. The molecule has 3 aliphatic rings. The van der Waals surface area contributed by atoms with E-state index in [-0.39, 0.29) is 34.3 Å². The lowest BCUT2D eigenvalue weighted by atomic mass is 10.0. The van der Waals surface area contributed by atoms with Crippen molar-refractivity contribution in [2.45, 2.75) is 58.4 Å². The van der Waals surface area contributed by atoms with E-state index in [0.717, 1.165) is 76.9 Å². The molecule has 2 aliphatic carbocycles. The Kier molecular flexibility index (Phi) is 7.23. The second kappa shape index (κ2) is 10.8. The molecule has 41 heavy (non-hydrogen) atoms. The molecule has 11 nitrogen and oxygen atoms in total. The first kappa shape index (κ1) is 27.3. The van der Waals surface area contributed by atoms with Gasteiger partial charge in [0.2, 0.25) is 5.95 Å². The van der Waals surface area contributed by atoms with Gasteiger partial charge in [0.05, 0.1) is 30.0 Å². The van der Waals surface area contributed by atoms with Gasteiger partial charge < -0.3 is 15.0 Å². The molecule has 216 valence electrons. The lowest BCUT2D eigenvalue weighted by Crippen LogP contribution is -2.49. The summed E-state index contributed by atoms with van der Waals surface area (Å²) in [6.45, 7) is 7.49. The molecule has 0 bridgehead atoms. The molecule has 1 aliphatic heterocycles. The average Bonchev–Trinajstić information content (AvgIpc) is 3.55. The van der Waals surface area contributed by atoms with Gasteiger partial charge in [0.25, 0.3) is 5.56 Å². The zero-order chi connectivity index (χ0) is 28.7. The lowest BCUT2D eigenvalue weighted by Gasteiger charge is -2.37. The summed E-state index contributed by atoms with van der Waals surface area (Å²) in [6.07, 6.45) is 9.26. The Morgan fingerprint density at radius 2 is 1.80 bits per heavy atom. The number of carbonyl (C=O) groups is 2. The van der Waals surface area contributed by atoms with E-state index in [2.05, 4.69) is 25.1 Å². The van der Waals surface area contributed by atoms with Crippen molar-refractivity contribution in [1.82, 2.24) is 24.4 Å². The van der Waals surface area contributed by atoms with Crippen LogP contribution in [0.4, 0.5) is 17.5 Å². The Bertz CT molecular complexity index is 1530. The van der Waals surface area contributed by atoms with Gasteiger partial charge in [0.15, 0.2) is 5.78 Å². The van der Waals surface area contributed by atoms with Gasteiger partial charge in [-0.05, 0) is 57.2 Å². The van der Waals surface area contributed by atoms with E-state index in [4.69, 9.17) is 9.72 Å². The number of nitrogens with one attached hydrogen (secondary N) is 1. The molecular weight excluding hydrogens is 522 g/mol. The highest BCUT2D eigenvalue weighted by atomic mass is 16.5. The number of anilines is 3. The van der Waals surface area contributed by atoms with Crippen molar-refractivity contribution < 1.29 is 14.3 Å². The van der Waals surface area contributed by atoms with Crippen LogP contribution in [-0.2, 0) is 9.53 Å². The van der Waals surface area contributed by atoms with Crippen LogP contribution in [0.2, 0.25) is 0 Å². The number of Topliss-reactive ketones (excluding diaryl/α,β-unsaturated/α-hetero) is 1. The predicted octanol–water partition coefficient (Wildman–Crippen LogP) is 3.63. The molecule has 0 unspecified atom stereocenters. The molecule has 3 aromatic heterocycles. The van der Waals surface area contributed by atoms with Crippen molar-refractivity contribution >= 4 is 40.2 Å². The largest absolute Gasteiger partial charge is 0.469 e. The second-order valence-electron chi connectivity index (χ2n) is 11.7. The van der Waals surface area contributed by atoms with Crippen LogP contribution in [0.1, 0.15) is 67.4 Å². The van der Waals surface area contributed by atoms with Crippen LogP contribution in [0.5, 0.6) is 0 Å². The van der Waals surface area contributed by atoms with Crippen LogP contribution >= 0.6 is 0 Å². The summed E-state index contributed by atoms with van der Waals surface area (Å²) in [5.41, 5.74) is 1.87. The number of pyridine rings is 2. The number of ketones is 1. The maximum atomic E-state index is 13.4. The van der Waals surface area contributed by atoms with E-state index in [1.165, 1.54) is 14.0 Å². The van der Waals surface area contributed by atoms with Crippen molar-refractivity contribution in [2.24, 2.45) is 5.41 Å². The number of fused-ring (bicyclic) bond motifs is 1. The highest BCUT2D eigenvalue weighted by Gasteiger charge is 2.52. The number of piperazine rings is 1. The van der Waals surface area contributed by atoms with E-state index < -0.39 is 0 Å². The van der Waals surface area contributed by atoms with Gasteiger partial charge in [0.1, 0.15) is 11.5 Å². The fraction of sp³-hybridized carbons (Fsp3) is 0.533. The smallest absolute Gasteiger partial charge is 0.313 e. The van der Waals surface area contributed by atoms with Crippen molar-refractivity contribution in [3.8, 4) is 0 Å². The number of aromatic nitrogens is 4. The molecule has 0 aromatic carbocycles. The number of methoxy groups -OCH3 is 1. The van der Waals surface area contributed by atoms with Gasteiger partial charge in [-0.15, -0.1) is 0 Å². The van der Waals surface area contributed by atoms with Gasteiger partial charge >= 0.3 is 5.97 Å². The Morgan fingerprint density at radius 3 is 2.41 bits per heavy atom. The summed E-state index contributed by atoms with van der Waals surface area (Å²) in [5.74, 6) is 0.641. The number of rotatable bonds is 8. The van der Waals surface area contributed by atoms with Gasteiger partial charge in [0, 0.05) is 50.3 Å². The Labute approximate surface area is 238 Å². The molecule has 1 saturated heterocycles. The minimum absolute atomic E-state index is 0.0274. The maximum absolute atomic E-state index is 13.4. The fourth-order valence-corrected chi connectivity index (χ4v) is 6.46. The van der Waals surface area contributed by atoms with Crippen molar-refractivity contribution in [3.05, 3.63) is 46.0 Å². The maximum Gasteiger partial charge on any atom is 0.313 e. The number of hydrogen-bond acceptors (Lipinski definition) is 10. The minimum atomic E-state index is -0.295. The van der Waals surface area contributed by atoms with Crippen LogP contribution in [0, 0.1) is 12.3 Å². The molecule has 6 rings (SSSR count). The van der Waals surface area contributed by atoms with E-state index in [9.17, 15) is 14.4 Å². The molecule has 11 heteroatoms. The molecule has 0 spiro atoms. The van der Waals surface area contributed by atoms with Gasteiger partial charge in [-0.2, -0.15) is 4.98 Å². The van der Waals surface area contributed by atoms with E-state index in [1.54, 1.807) is 17.7 Å². The Hall–Kier alpha value is -3.86. The van der Waals surface area contributed by atoms with E-state index in [1.807, 2.05) is 18.3 Å². The first-order chi connectivity index (χ1) is 19.8. The number of hydrogen-bond donors (Lipinski definition) is 1. The van der Waals surface area contributed by atoms with Crippen molar-refractivity contribution in [3.63, 3.8) is 0 Å². The van der Waals surface area contributed by atoms with E-state index in [0.29, 0.717) is 28.4 Å². The zero-order valence-electron chi connectivity index (χ0n) is 24.0. The van der Waals surface area contributed by atoms with E-state index >= 15 is 0 Å². The third kappa shape index (κ3) is 5.18. The fourth-order valence-electron chi connectivity index (χ4n) is 6.46. The first-order valence-electron chi connectivity index (χ1n) is 14.5. The van der Waals surface area contributed by atoms with Gasteiger partial charge in [-0.3, -0.25) is 23.9 Å². The molecule has 3 fully saturated rings. The third-order valence-corrected chi connectivity index (χ3v) is 8.97. The molecular formula is C30H37N7O4. The number of carbonyl (C=O) groups excluding carboxylic acids is 2. The highest BCUT2D eigenvalue weighted by Crippen LogP contribution is 2.47. The molecule has 4 heterocycles. The van der Waals surface area contributed by atoms with Crippen LogP contribution in [-0.4, -0.2) is 76.0 Å². The van der Waals surface area contributed by atoms with Gasteiger partial charge in [-0.1, -0.05) is 12.8 Å². The summed E-state index contributed by atoms with van der Waals surface area (Å²) in [6, 6.07) is 3.96. The summed E-state index contributed by atoms with van der Waals surface area (Å²) in [5, 5.41) is 3.91. The summed E-state index contributed by atoms with van der Waals surface area (Å²) in [7, 11) is 1.47. The zero-order valence-corrected chi connectivity index (χ0v) is 24.0. The molecule has 0 radical (unpaired) electrons. The number of nitrogens with zero attached hydrogens (tertiary/aromatic N) is 6. The third-order valence-electron chi connectivity index (χ3n) is 8.97. The average molecular weight is 560 g/mol. The number of ether oxygens (including phenoxy) is 1. The quantitative estimate of drug-likeness (QED) is 0.323. The van der Waals surface area contributed by atoms with Crippen LogP contribution in [0.3, 0.4) is 0 Å². The Balaban J connectivity index is 1.17. The standard InChI is InChI=1S/C30H37N7O4/c1-19-23-17-32-29(34-26(23)37(21-6-4-5-7-21)27(39)25(19)20(2)38)33-24-9-8-22(16-31-24)36-14-12-35(13-15-36)18-30(10-11-30)28(40)41-3/h8-9,16-17,21H,4-7,10-15,18H2,1-3H3,(H,31,32,33,34). The van der Waals surface area contributed by atoms with Gasteiger partial charge in [-0.25, -0.2) is 9.97 Å². The second-order valence-corrected chi connectivity index (χ2v) is 11.7.